The maximum absolute atomic E-state index is 12.5. The molecular weight excluding hydrogens is 222 g/mol. The summed E-state index contributed by atoms with van der Waals surface area (Å²) in [4.78, 5) is 14.5. The van der Waals surface area contributed by atoms with Crippen molar-refractivity contribution in [2.75, 3.05) is 13.6 Å². The van der Waals surface area contributed by atoms with Crippen LogP contribution in [0.5, 0.6) is 0 Å². The van der Waals surface area contributed by atoms with E-state index in [2.05, 4.69) is 26.0 Å². The van der Waals surface area contributed by atoms with Crippen LogP contribution < -0.4 is 0 Å². The van der Waals surface area contributed by atoms with Crippen molar-refractivity contribution < 1.29 is 4.79 Å². The molecule has 0 N–H and O–H groups in total. The van der Waals surface area contributed by atoms with Crippen molar-refractivity contribution in [1.29, 1.82) is 0 Å². The number of hydrogen-bond donors (Lipinski definition) is 0. The average molecular weight is 249 g/mol. The quantitative estimate of drug-likeness (QED) is 0.660. The molecule has 2 rings (SSSR count). The smallest absolute Gasteiger partial charge is 0.226 e. The highest BCUT2D eigenvalue weighted by Gasteiger charge is 2.40. The van der Waals surface area contributed by atoms with Crippen molar-refractivity contribution in [3.8, 4) is 0 Å². The zero-order valence-electron chi connectivity index (χ0n) is 12.1. The summed E-state index contributed by atoms with van der Waals surface area (Å²) in [6.45, 7) is 5.41. The van der Waals surface area contributed by atoms with Crippen LogP contribution in [0.2, 0.25) is 0 Å². The molecule has 102 valence electrons. The van der Waals surface area contributed by atoms with Crippen molar-refractivity contribution in [3.05, 3.63) is 12.2 Å². The second-order valence-electron chi connectivity index (χ2n) is 6.17. The van der Waals surface area contributed by atoms with Gasteiger partial charge in [0.25, 0.3) is 0 Å². The van der Waals surface area contributed by atoms with E-state index in [1.54, 1.807) is 0 Å². The Morgan fingerprint density at radius 1 is 1.33 bits per heavy atom. The molecule has 0 aromatic rings. The van der Waals surface area contributed by atoms with E-state index in [4.69, 9.17) is 0 Å². The normalized spacial score (nSPS) is 30.7. The molecule has 2 nitrogen and oxygen atoms in total. The van der Waals surface area contributed by atoms with Gasteiger partial charge in [0.05, 0.1) is 0 Å². The Balaban J connectivity index is 1.87. The standard InChI is InChI=1S/C16H27NO/c1-4-6-12(5-2)11-17(3)16(18)15-10-13-7-8-14(15)9-13/h7-8,12-15H,4-6,9-11H2,1-3H3. The monoisotopic (exact) mass is 249 g/mol. The summed E-state index contributed by atoms with van der Waals surface area (Å²) in [6.07, 6.45) is 10.5. The summed E-state index contributed by atoms with van der Waals surface area (Å²) < 4.78 is 0. The number of carbonyl (C=O) groups excluding carboxylic acids is 1. The lowest BCUT2D eigenvalue weighted by molar-refractivity contribution is -0.135. The third-order valence-corrected chi connectivity index (χ3v) is 4.78. The Morgan fingerprint density at radius 3 is 2.61 bits per heavy atom. The third-order valence-electron chi connectivity index (χ3n) is 4.78. The first-order valence-corrected chi connectivity index (χ1v) is 7.59. The summed E-state index contributed by atoms with van der Waals surface area (Å²) in [5.41, 5.74) is 0. The summed E-state index contributed by atoms with van der Waals surface area (Å²) in [6, 6.07) is 0. The second kappa shape index (κ2) is 5.90. The highest BCUT2D eigenvalue weighted by atomic mass is 16.2. The maximum atomic E-state index is 12.5. The topological polar surface area (TPSA) is 20.3 Å². The predicted octanol–water partition coefficient (Wildman–Crippen LogP) is 3.48. The number of amides is 1. The minimum atomic E-state index is 0.282. The predicted molar refractivity (Wildman–Crippen MR) is 75.2 cm³/mol. The number of nitrogens with zero attached hydrogens (tertiary/aromatic N) is 1. The van der Waals surface area contributed by atoms with Crippen molar-refractivity contribution in [2.45, 2.75) is 46.0 Å². The number of rotatable bonds is 6. The van der Waals surface area contributed by atoms with Gasteiger partial charge in [-0.2, -0.15) is 0 Å². The molecule has 0 saturated heterocycles. The summed E-state index contributed by atoms with van der Waals surface area (Å²) in [7, 11) is 2.00. The van der Waals surface area contributed by atoms with Gasteiger partial charge in [-0.25, -0.2) is 0 Å². The molecule has 2 aliphatic carbocycles. The Hall–Kier alpha value is -0.790. The highest BCUT2D eigenvalue weighted by Crippen LogP contribution is 2.44. The van der Waals surface area contributed by atoms with Crippen LogP contribution in [0.25, 0.3) is 0 Å². The van der Waals surface area contributed by atoms with Gasteiger partial charge in [-0.3, -0.25) is 4.79 Å². The molecule has 2 aliphatic rings. The molecule has 1 fully saturated rings. The molecule has 4 unspecified atom stereocenters. The van der Waals surface area contributed by atoms with Crippen LogP contribution in [-0.4, -0.2) is 24.4 Å². The fraction of sp³-hybridized carbons (Fsp3) is 0.812. The summed E-state index contributed by atoms with van der Waals surface area (Å²) >= 11 is 0. The molecule has 1 saturated carbocycles. The van der Waals surface area contributed by atoms with Crippen LogP contribution in [-0.2, 0) is 4.79 Å². The van der Waals surface area contributed by atoms with Gasteiger partial charge in [0.15, 0.2) is 0 Å². The molecule has 0 aliphatic heterocycles. The highest BCUT2D eigenvalue weighted by molar-refractivity contribution is 5.79. The Kier molecular flexibility index (Phi) is 4.47. The number of allylic oxidation sites excluding steroid dienone is 2. The van der Waals surface area contributed by atoms with Gasteiger partial charge in [0.1, 0.15) is 0 Å². The van der Waals surface area contributed by atoms with Gasteiger partial charge in [-0.15, -0.1) is 0 Å². The van der Waals surface area contributed by atoms with Crippen LogP contribution in [0, 0.1) is 23.7 Å². The average Bonchev–Trinajstić information content (AvgIpc) is 2.99. The lowest BCUT2D eigenvalue weighted by Gasteiger charge is -2.28. The first kappa shape index (κ1) is 13.6. The van der Waals surface area contributed by atoms with E-state index < -0.39 is 0 Å². The van der Waals surface area contributed by atoms with Crippen molar-refractivity contribution >= 4 is 5.91 Å². The molecule has 0 radical (unpaired) electrons. The molecule has 4 atom stereocenters. The molecule has 0 heterocycles. The first-order valence-electron chi connectivity index (χ1n) is 7.59. The van der Waals surface area contributed by atoms with E-state index in [1.807, 2.05) is 11.9 Å². The SMILES string of the molecule is CCCC(CC)CN(C)C(=O)C1CC2C=CC1C2. The van der Waals surface area contributed by atoms with Crippen molar-refractivity contribution in [2.24, 2.45) is 23.7 Å². The fourth-order valence-corrected chi connectivity index (χ4v) is 3.66. The molecule has 0 spiro atoms. The molecular formula is C16H27NO. The Morgan fingerprint density at radius 2 is 2.11 bits per heavy atom. The largest absolute Gasteiger partial charge is 0.345 e. The maximum Gasteiger partial charge on any atom is 0.226 e. The van der Waals surface area contributed by atoms with Crippen LogP contribution in [0.3, 0.4) is 0 Å². The lowest BCUT2D eigenvalue weighted by Crippen LogP contribution is -2.37. The third kappa shape index (κ3) is 2.78. The van der Waals surface area contributed by atoms with Crippen LogP contribution in [0.15, 0.2) is 12.2 Å². The van der Waals surface area contributed by atoms with Gasteiger partial charge < -0.3 is 4.90 Å². The van der Waals surface area contributed by atoms with E-state index in [0.29, 0.717) is 23.7 Å². The van der Waals surface area contributed by atoms with E-state index in [-0.39, 0.29) is 5.92 Å². The van der Waals surface area contributed by atoms with E-state index >= 15 is 0 Å². The van der Waals surface area contributed by atoms with Crippen molar-refractivity contribution in [3.63, 3.8) is 0 Å². The molecule has 1 amide bonds. The number of fused-ring (bicyclic) bond motifs is 2. The van der Waals surface area contributed by atoms with Gasteiger partial charge in [0.2, 0.25) is 5.91 Å². The molecule has 2 heteroatoms. The number of carbonyl (C=O) groups is 1. The van der Waals surface area contributed by atoms with Crippen LogP contribution in [0.1, 0.15) is 46.0 Å². The van der Waals surface area contributed by atoms with Crippen LogP contribution >= 0.6 is 0 Å². The van der Waals surface area contributed by atoms with Gasteiger partial charge in [0, 0.05) is 19.5 Å². The second-order valence-corrected chi connectivity index (χ2v) is 6.17. The zero-order chi connectivity index (χ0) is 13.1. The first-order chi connectivity index (χ1) is 8.65. The molecule has 0 aromatic carbocycles. The zero-order valence-corrected chi connectivity index (χ0v) is 12.1. The fourth-order valence-electron chi connectivity index (χ4n) is 3.66. The van der Waals surface area contributed by atoms with Gasteiger partial charge in [-0.05, 0) is 37.0 Å². The Bertz CT molecular complexity index is 323. The van der Waals surface area contributed by atoms with Gasteiger partial charge >= 0.3 is 0 Å². The summed E-state index contributed by atoms with van der Waals surface area (Å²) in [5, 5.41) is 0. The molecule has 18 heavy (non-hydrogen) atoms. The minimum absolute atomic E-state index is 0.282. The van der Waals surface area contributed by atoms with E-state index in [0.717, 1.165) is 13.0 Å². The van der Waals surface area contributed by atoms with Gasteiger partial charge in [-0.1, -0.05) is 38.8 Å². The van der Waals surface area contributed by atoms with Crippen LogP contribution in [0.4, 0.5) is 0 Å². The summed E-state index contributed by atoms with van der Waals surface area (Å²) in [5.74, 6) is 2.58. The lowest BCUT2D eigenvalue weighted by atomic mass is 9.91. The van der Waals surface area contributed by atoms with E-state index in [1.165, 1.54) is 25.7 Å². The molecule has 2 bridgehead atoms. The number of hydrogen-bond acceptors (Lipinski definition) is 1. The minimum Gasteiger partial charge on any atom is -0.345 e. The van der Waals surface area contributed by atoms with E-state index in [9.17, 15) is 4.79 Å². The molecule has 0 aromatic heterocycles. The van der Waals surface area contributed by atoms with Crippen molar-refractivity contribution in [1.82, 2.24) is 4.90 Å². The Labute approximate surface area is 111 Å².